The number of unbranched alkanes of at least 4 members (excludes halogenated alkanes) is 1. The van der Waals surface area contributed by atoms with E-state index in [0.29, 0.717) is 0 Å². The first-order valence-electron chi connectivity index (χ1n) is 6.00. The summed E-state index contributed by atoms with van der Waals surface area (Å²) in [5.74, 6) is 0.895. The second kappa shape index (κ2) is 7.05. The van der Waals surface area contributed by atoms with Gasteiger partial charge in [-0.1, -0.05) is 30.9 Å². The summed E-state index contributed by atoms with van der Waals surface area (Å²) in [5.41, 5.74) is 1.63. The van der Waals surface area contributed by atoms with Crippen LogP contribution in [0.2, 0.25) is 0 Å². The maximum Gasteiger partial charge on any atom is 0.0465 e. The first-order valence-corrected chi connectivity index (χ1v) is 6.00. The van der Waals surface area contributed by atoms with Crippen molar-refractivity contribution in [3.05, 3.63) is 11.6 Å². The van der Waals surface area contributed by atoms with Crippen LogP contribution >= 0.6 is 0 Å². The summed E-state index contributed by atoms with van der Waals surface area (Å²) < 4.78 is 5.04. The maximum absolute atomic E-state index is 5.04. The average molecular weight is 196 g/mol. The van der Waals surface area contributed by atoms with Gasteiger partial charge in [-0.15, -0.1) is 0 Å². The van der Waals surface area contributed by atoms with Crippen molar-refractivity contribution in [1.29, 1.82) is 0 Å². The summed E-state index contributed by atoms with van der Waals surface area (Å²) in [7, 11) is 1.78. The van der Waals surface area contributed by atoms with Crippen LogP contribution in [0.4, 0.5) is 0 Å². The Hall–Kier alpha value is -0.300. The number of rotatable bonds is 5. The summed E-state index contributed by atoms with van der Waals surface area (Å²) in [6.07, 6.45) is 12.0. The van der Waals surface area contributed by atoms with Gasteiger partial charge in [0, 0.05) is 13.7 Å². The SMILES string of the molecule is COCCCC=C(C)C1CCCCC1. The van der Waals surface area contributed by atoms with Gasteiger partial charge in [0.05, 0.1) is 0 Å². The van der Waals surface area contributed by atoms with Crippen LogP contribution in [0.5, 0.6) is 0 Å². The fourth-order valence-electron chi connectivity index (χ4n) is 2.28. The van der Waals surface area contributed by atoms with Crippen LogP contribution in [0, 0.1) is 5.92 Å². The van der Waals surface area contributed by atoms with Crippen LogP contribution in [-0.2, 0) is 4.74 Å². The molecule has 0 aliphatic heterocycles. The molecule has 0 radical (unpaired) electrons. The molecule has 0 unspecified atom stereocenters. The molecule has 1 saturated carbocycles. The molecule has 0 amide bonds. The van der Waals surface area contributed by atoms with Gasteiger partial charge < -0.3 is 4.74 Å². The Morgan fingerprint density at radius 1 is 1.29 bits per heavy atom. The first-order chi connectivity index (χ1) is 6.84. The van der Waals surface area contributed by atoms with Crippen LogP contribution in [0.1, 0.15) is 51.9 Å². The molecule has 0 bridgehead atoms. The number of hydrogen-bond acceptors (Lipinski definition) is 1. The zero-order valence-electron chi connectivity index (χ0n) is 9.72. The maximum atomic E-state index is 5.04. The van der Waals surface area contributed by atoms with E-state index in [4.69, 9.17) is 4.74 Å². The minimum Gasteiger partial charge on any atom is -0.385 e. The van der Waals surface area contributed by atoms with Crippen LogP contribution in [-0.4, -0.2) is 13.7 Å². The largest absolute Gasteiger partial charge is 0.385 e. The van der Waals surface area contributed by atoms with E-state index in [1.54, 1.807) is 12.7 Å². The van der Waals surface area contributed by atoms with Gasteiger partial charge in [0.1, 0.15) is 0 Å². The molecule has 0 aromatic rings. The summed E-state index contributed by atoms with van der Waals surface area (Å²) in [5, 5.41) is 0. The Bertz CT molecular complexity index is 166. The van der Waals surface area contributed by atoms with Gasteiger partial charge in [-0.05, 0) is 38.5 Å². The summed E-state index contributed by atoms with van der Waals surface area (Å²) in [6.45, 7) is 3.21. The smallest absolute Gasteiger partial charge is 0.0465 e. The third-order valence-electron chi connectivity index (χ3n) is 3.27. The number of hydrogen-bond donors (Lipinski definition) is 0. The van der Waals surface area contributed by atoms with Gasteiger partial charge in [-0.2, -0.15) is 0 Å². The topological polar surface area (TPSA) is 9.23 Å². The Kier molecular flexibility index (Phi) is 5.93. The van der Waals surface area contributed by atoms with Crippen molar-refractivity contribution in [3.8, 4) is 0 Å². The molecule has 1 aliphatic rings. The quantitative estimate of drug-likeness (QED) is 0.478. The zero-order chi connectivity index (χ0) is 10.2. The highest BCUT2D eigenvalue weighted by molar-refractivity contribution is 5.04. The molecule has 0 heterocycles. The summed E-state index contributed by atoms with van der Waals surface area (Å²) in [6, 6.07) is 0. The van der Waals surface area contributed by atoms with Gasteiger partial charge in [-0.3, -0.25) is 0 Å². The Morgan fingerprint density at radius 3 is 2.64 bits per heavy atom. The van der Waals surface area contributed by atoms with Crippen molar-refractivity contribution in [1.82, 2.24) is 0 Å². The summed E-state index contributed by atoms with van der Waals surface area (Å²) in [4.78, 5) is 0. The number of ether oxygens (including phenoxy) is 1. The van der Waals surface area contributed by atoms with E-state index in [1.165, 1.54) is 44.9 Å². The highest BCUT2D eigenvalue weighted by Crippen LogP contribution is 2.29. The molecule has 14 heavy (non-hydrogen) atoms. The highest BCUT2D eigenvalue weighted by Gasteiger charge is 2.13. The van der Waals surface area contributed by atoms with Crippen molar-refractivity contribution in [2.45, 2.75) is 51.9 Å². The third-order valence-corrected chi connectivity index (χ3v) is 3.27. The number of methoxy groups -OCH3 is 1. The van der Waals surface area contributed by atoms with Crippen molar-refractivity contribution < 1.29 is 4.74 Å². The predicted octanol–water partition coefficient (Wildman–Crippen LogP) is 3.94. The van der Waals surface area contributed by atoms with Crippen LogP contribution in [0.25, 0.3) is 0 Å². The third kappa shape index (κ3) is 4.28. The standard InChI is InChI=1S/C13H24O/c1-12(8-6-7-11-14-2)13-9-4-3-5-10-13/h8,13H,3-7,9-11H2,1-2H3. The van der Waals surface area contributed by atoms with Crippen molar-refractivity contribution in [2.75, 3.05) is 13.7 Å². The Labute approximate surface area is 88.5 Å². The minimum absolute atomic E-state index is 0.895. The van der Waals surface area contributed by atoms with E-state index in [-0.39, 0.29) is 0 Å². The molecule has 0 aromatic heterocycles. The lowest BCUT2D eigenvalue weighted by Crippen LogP contribution is -2.07. The molecule has 0 aromatic carbocycles. The molecule has 1 nitrogen and oxygen atoms in total. The molecule has 1 rings (SSSR count). The molecule has 1 fully saturated rings. The molecule has 1 aliphatic carbocycles. The first kappa shape index (κ1) is 11.8. The fourth-order valence-corrected chi connectivity index (χ4v) is 2.28. The van der Waals surface area contributed by atoms with E-state index in [2.05, 4.69) is 13.0 Å². The molecular weight excluding hydrogens is 172 g/mol. The van der Waals surface area contributed by atoms with Crippen molar-refractivity contribution in [2.24, 2.45) is 5.92 Å². The van der Waals surface area contributed by atoms with E-state index >= 15 is 0 Å². The van der Waals surface area contributed by atoms with E-state index in [9.17, 15) is 0 Å². The molecule has 0 atom stereocenters. The summed E-state index contributed by atoms with van der Waals surface area (Å²) >= 11 is 0. The molecule has 0 N–H and O–H groups in total. The van der Waals surface area contributed by atoms with Crippen LogP contribution in [0.15, 0.2) is 11.6 Å². The minimum atomic E-state index is 0.895. The normalized spacial score (nSPS) is 20.0. The van der Waals surface area contributed by atoms with E-state index in [0.717, 1.165) is 12.5 Å². The van der Waals surface area contributed by atoms with Crippen LogP contribution < -0.4 is 0 Å². The fraction of sp³-hybridized carbons (Fsp3) is 0.846. The lowest BCUT2D eigenvalue weighted by Gasteiger charge is -2.22. The Morgan fingerprint density at radius 2 is 2.00 bits per heavy atom. The number of allylic oxidation sites excluding steroid dienone is 2. The van der Waals surface area contributed by atoms with Crippen LogP contribution in [0.3, 0.4) is 0 Å². The predicted molar refractivity (Wildman–Crippen MR) is 61.4 cm³/mol. The molecule has 82 valence electrons. The molecule has 0 saturated heterocycles. The van der Waals surface area contributed by atoms with Gasteiger partial charge in [0.25, 0.3) is 0 Å². The zero-order valence-corrected chi connectivity index (χ0v) is 9.72. The van der Waals surface area contributed by atoms with Gasteiger partial charge in [0.15, 0.2) is 0 Å². The lowest BCUT2D eigenvalue weighted by molar-refractivity contribution is 0.195. The van der Waals surface area contributed by atoms with E-state index in [1.807, 2.05) is 0 Å². The van der Waals surface area contributed by atoms with Gasteiger partial charge in [-0.25, -0.2) is 0 Å². The second-order valence-electron chi connectivity index (χ2n) is 4.42. The average Bonchev–Trinajstić information content (AvgIpc) is 2.25. The molecular formula is C13H24O. The lowest BCUT2D eigenvalue weighted by atomic mass is 9.84. The molecule has 1 heteroatoms. The van der Waals surface area contributed by atoms with E-state index < -0.39 is 0 Å². The van der Waals surface area contributed by atoms with Gasteiger partial charge in [0.2, 0.25) is 0 Å². The molecule has 0 spiro atoms. The second-order valence-corrected chi connectivity index (χ2v) is 4.42. The Balaban J connectivity index is 2.20. The van der Waals surface area contributed by atoms with Crippen molar-refractivity contribution >= 4 is 0 Å². The highest BCUT2D eigenvalue weighted by atomic mass is 16.5. The monoisotopic (exact) mass is 196 g/mol. The van der Waals surface area contributed by atoms with Gasteiger partial charge >= 0.3 is 0 Å². The van der Waals surface area contributed by atoms with Crippen molar-refractivity contribution in [3.63, 3.8) is 0 Å².